The SMILES string of the molecule is OCCCCCCCC(CCO)(CCO)CCO. The molecule has 0 rings (SSSR count). The van der Waals surface area contributed by atoms with Gasteiger partial charge in [0.2, 0.25) is 0 Å². The van der Waals surface area contributed by atoms with Gasteiger partial charge >= 0.3 is 0 Å². The molecule has 0 unspecified atom stereocenters. The van der Waals surface area contributed by atoms with E-state index in [4.69, 9.17) is 20.4 Å². The predicted molar refractivity (Wildman–Crippen MR) is 72.3 cm³/mol. The molecule has 0 aliphatic heterocycles. The van der Waals surface area contributed by atoms with Crippen molar-refractivity contribution >= 4 is 0 Å². The van der Waals surface area contributed by atoms with Crippen molar-refractivity contribution < 1.29 is 20.4 Å². The number of hydrogen-bond donors (Lipinski definition) is 4. The van der Waals surface area contributed by atoms with Gasteiger partial charge in [0.05, 0.1) is 0 Å². The van der Waals surface area contributed by atoms with Gasteiger partial charge in [-0.2, -0.15) is 0 Å². The quantitative estimate of drug-likeness (QED) is 0.379. The Balaban J connectivity index is 3.97. The van der Waals surface area contributed by atoms with Crippen LogP contribution in [0.2, 0.25) is 0 Å². The second kappa shape index (κ2) is 11.9. The highest BCUT2D eigenvalue weighted by molar-refractivity contribution is 4.79. The smallest absolute Gasteiger partial charge is 0.0436 e. The zero-order chi connectivity index (χ0) is 13.7. The van der Waals surface area contributed by atoms with Gasteiger partial charge in [-0.3, -0.25) is 0 Å². The summed E-state index contributed by atoms with van der Waals surface area (Å²) in [6.45, 7) is 0.614. The lowest BCUT2D eigenvalue weighted by atomic mass is 9.74. The molecule has 0 aliphatic rings. The molecule has 0 saturated heterocycles. The summed E-state index contributed by atoms with van der Waals surface area (Å²) in [5.41, 5.74) is -0.102. The van der Waals surface area contributed by atoms with Crippen LogP contribution in [-0.4, -0.2) is 46.9 Å². The Labute approximate surface area is 111 Å². The monoisotopic (exact) mass is 262 g/mol. The standard InChI is InChI=1S/C14H30O4/c15-10-5-3-1-2-4-6-14(7-11-16,8-12-17)9-13-18/h15-18H,1-13H2. The van der Waals surface area contributed by atoms with Gasteiger partial charge in [0.1, 0.15) is 0 Å². The molecule has 4 nitrogen and oxygen atoms in total. The maximum Gasteiger partial charge on any atom is 0.0436 e. The van der Waals surface area contributed by atoms with Gasteiger partial charge < -0.3 is 20.4 Å². The van der Waals surface area contributed by atoms with E-state index >= 15 is 0 Å². The van der Waals surface area contributed by atoms with E-state index in [1.165, 1.54) is 0 Å². The van der Waals surface area contributed by atoms with Crippen molar-refractivity contribution in [2.24, 2.45) is 5.41 Å². The van der Waals surface area contributed by atoms with Crippen LogP contribution in [0.5, 0.6) is 0 Å². The first-order valence-corrected chi connectivity index (χ1v) is 7.18. The molecule has 0 aromatic heterocycles. The van der Waals surface area contributed by atoms with Crippen molar-refractivity contribution in [2.45, 2.75) is 57.8 Å². The highest BCUT2D eigenvalue weighted by atomic mass is 16.3. The molecule has 4 heteroatoms. The van der Waals surface area contributed by atoms with E-state index in [-0.39, 0.29) is 31.8 Å². The third kappa shape index (κ3) is 8.03. The number of rotatable bonds is 13. The van der Waals surface area contributed by atoms with Crippen LogP contribution in [0.25, 0.3) is 0 Å². The summed E-state index contributed by atoms with van der Waals surface area (Å²) < 4.78 is 0. The summed E-state index contributed by atoms with van der Waals surface area (Å²) in [7, 11) is 0. The number of unbranched alkanes of at least 4 members (excludes halogenated alkanes) is 4. The van der Waals surface area contributed by atoms with Crippen LogP contribution in [0.3, 0.4) is 0 Å². The topological polar surface area (TPSA) is 80.9 Å². The van der Waals surface area contributed by atoms with Crippen LogP contribution in [0.15, 0.2) is 0 Å². The zero-order valence-electron chi connectivity index (χ0n) is 11.5. The maximum absolute atomic E-state index is 9.14. The Morgan fingerprint density at radius 1 is 0.444 bits per heavy atom. The van der Waals surface area contributed by atoms with Crippen molar-refractivity contribution in [3.05, 3.63) is 0 Å². The Morgan fingerprint density at radius 3 is 1.33 bits per heavy atom. The van der Waals surface area contributed by atoms with Crippen LogP contribution in [0.1, 0.15) is 57.8 Å². The highest BCUT2D eigenvalue weighted by Gasteiger charge is 2.27. The summed E-state index contributed by atoms with van der Waals surface area (Å²) in [6.07, 6.45) is 8.15. The number of hydrogen-bond acceptors (Lipinski definition) is 4. The van der Waals surface area contributed by atoms with Crippen LogP contribution < -0.4 is 0 Å². The first kappa shape index (κ1) is 17.8. The summed E-state index contributed by atoms with van der Waals surface area (Å²) in [5, 5.41) is 36.1. The summed E-state index contributed by atoms with van der Waals surface area (Å²) in [4.78, 5) is 0. The van der Waals surface area contributed by atoms with Gasteiger partial charge in [0, 0.05) is 26.4 Å². The van der Waals surface area contributed by atoms with E-state index in [1.54, 1.807) is 0 Å². The molecule has 4 N–H and O–H groups in total. The van der Waals surface area contributed by atoms with Gasteiger partial charge in [-0.15, -0.1) is 0 Å². The highest BCUT2D eigenvalue weighted by Crippen LogP contribution is 2.36. The number of aliphatic hydroxyl groups excluding tert-OH is 4. The van der Waals surface area contributed by atoms with Crippen molar-refractivity contribution in [1.29, 1.82) is 0 Å². The van der Waals surface area contributed by atoms with E-state index in [0.717, 1.165) is 38.5 Å². The average molecular weight is 262 g/mol. The van der Waals surface area contributed by atoms with Crippen molar-refractivity contribution in [1.82, 2.24) is 0 Å². The Bertz CT molecular complexity index is 156. The molecule has 0 fully saturated rings. The van der Waals surface area contributed by atoms with E-state index in [2.05, 4.69) is 0 Å². The summed E-state index contributed by atoms with van der Waals surface area (Å²) in [5.74, 6) is 0. The molecule has 0 bridgehead atoms. The van der Waals surface area contributed by atoms with E-state index < -0.39 is 0 Å². The molecule has 18 heavy (non-hydrogen) atoms. The molecule has 0 atom stereocenters. The Morgan fingerprint density at radius 2 is 0.889 bits per heavy atom. The second-order valence-corrected chi connectivity index (χ2v) is 5.16. The molecule has 0 heterocycles. The first-order chi connectivity index (χ1) is 8.74. The van der Waals surface area contributed by atoms with Crippen molar-refractivity contribution in [2.75, 3.05) is 26.4 Å². The third-order valence-electron chi connectivity index (χ3n) is 3.79. The van der Waals surface area contributed by atoms with Crippen molar-refractivity contribution in [3.8, 4) is 0 Å². The predicted octanol–water partition coefficient (Wildman–Crippen LogP) is 1.45. The van der Waals surface area contributed by atoms with Crippen LogP contribution in [-0.2, 0) is 0 Å². The van der Waals surface area contributed by atoms with Gasteiger partial charge in [-0.05, 0) is 37.5 Å². The largest absolute Gasteiger partial charge is 0.396 e. The third-order valence-corrected chi connectivity index (χ3v) is 3.79. The maximum atomic E-state index is 9.14. The fourth-order valence-electron chi connectivity index (χ4n) is 2.60. The molecular weight excluding hydrogens is 232 g/mol. The van der Waals surface area contributed by atoms with Crippen LogP contribution in [0, 0.1) is 5.41 Å². The molecule has 0 aromatic carbocycles. The van der Waals surface area contributed by atoms with E-state index in [1.807, 2.05) is 0 Å². The zero-order valence-corrected chi connectivity index (χ0v) is 11.5. The van der Waals surface area contributed by atoms with Crippen LogP contribution >= 0.6 is 0 Å². The van der Waals surface area contributed by atoms with E-state index in [0.29, 0.717) is 19.3 Å². The molecule has 0 aliphatic carbocycles. The lowest BCUT2D eigenvalue weighted by Gasteiger charge is -2.32. The summed E-state index contributed by atoms with van der Waals surface area (Å²) >= 11 is 0. The van der Waals surface area contributed by atoms with Crippen molar-refractivity contribution in [3.63, 3.8) is 0 Å². The van der Waals surface area contributed by atoms with Crippen LogP contribution in [0.4, 0.5) is 0 Å². The molecule has 0 radical (unpaired) electrons. The average Bonchev–Trinajstić information content (AvgIpc) is 2.35. The minimum Gasteiger partial charge on any atom is -0.396 e. The molecule has 0 aromatic rings. The van der Waals surface area contributed by atoms with Gasteiger partial charge in [-0.1, -0.05) is 25.7 Å². The van der Waals surface area contributed by atoms with Gasteiger partial charge in [0.15, 0.2) is 0 Å². The fraction of sp³-hybridized carbons (Fsp3) is 1.00. The lowest BCUT2D eigenvalue weighted by molar-refractivity contribution is 0.0885. The number of aliphatic hydroxyl groups is 4. The molecule has 0 saturated carbocycles. The Kier molecular flexibility index (Phi) is 11.8. The lowest BCUT2D eigenvalue weighted by Crippen LogP contribution is -2.25. The normalized spacial score (nSPS) is 12.0. The molecule has 0 spiro atoms. The Hall–Kier alpha value is -0.160. The van der Waals surface area contributed by atoms with Gasteiger partial charge in [0.25, 0.3) is 0 Å². The molecule has 110 valence electrons. The summed E-state index contributed by atoms with van der Waals surface area (Å²) in [6, 6.07) is 0. The second-order valence-electron chi connectivity index (χ2n) is 5.16. The van der Waals surface area contributed by atoms with Gasteiger partial charge in [-0.25, -0.2) is 0 Å². The van der Waals surface area contributed by atoms with E-state index in [9.17, 15) is 0 Å². The fourth-order valence-corrected chi connectivity index (χ4v) is 2.60. The minimum atomic E-state index is -0.102. The molecular formula is C14H30O4. The first-order valence-electron chi connectivity index (χ1n) is 7.18. The molecule has 0 amide bonds. The minimum absolute atomic E-state index is 0.102.